The van der Waals surface area contributed by atoms with E-state index in [4.69, 9.17) is 15.9 Å². The zero-order valence-corrected chi connectivity index (χ0v) is 20.2. The molecular formula is C26H28N4O4S. The highest BCUT2D eigenvalue weighted by Crippen LogP contribution is 2.25. The number of nitrogens with one attached hydrogen (secondary N) is 1. The van der Waals surface area contributed by atoms with Gasteiger partial charge < -0.3 is 10.5 Å². The van der Waals surface area contributed by atoms with E-state index in [9.17, 15) is 13.2 Å². The highest BCUT2D eigenvalue weighted by molar-refractivity contribution is 7.89. The van der Waals surface area contributed by atoms with Gasteiger partial charge in [-0.1, -0.05) is 66.7 Å². The van der Waals surface area contributed by atoms with Gasteiger partial charge in [0.05, 0.1) is 11.4 Å². The smallest absolute Gasteiger partial charge is 0.304 e. The number of benzene rings is 3. The summed E-state index contributed by atoms with van der Waals surface area (Å²) in [5.74, 6) is -0.483. The van der Waals surface area contributed by atoms with E-state index in [0.29, 0.717) is 18.7 Å². The number of carbonyl (C=O) groups excluding carboxylic acids is 1. The molecule has 3 aromatic rings. The van der Waals surface area contributed by atoms with Crippen molar-refractivity contribution in [2.45, 2.75) is 24.6 Å². The van der Waals surface area contributed by atoms with E-state index in [-0.39, 0.29) is 23.8 Å². The van der Waals surface area contributed by atoms with Gasteiger partial charge in [-0.2, -0.15) is 4.31 Å². The number of carbonyl (C=O) groups is 1. The van der Waals surface area contributed by atoms with Crippen LogP contribution in [-0.2, 0) is 26.1 Å². The van der Waals surface area contributed by atoms with Crippen molar-refractivity contribution in [3.8, 4) is 11.1 Å². The molecule has 9 heteroatoms. The maximum Gasteiger partial charge on any atom is 0.304 e. The van der Waals surface area contributed by atoms with Crippen LogP contribution in [0.2, 0.25) is 0 Å². The number of hydrogen-bond donors (Lipinski definition) is 2. The van der Waals surface area contributed by atoms with Gasteiger partial charge in [-0.3, -0.25) is 15.1 Å². The Morgan fingerprint density at radius 2 is 1.60 bits per heavy atom. The number of rotatable bonds is 7. The maximum atomic E-state index is 13.4. The van der Waals surface area contributed by atoms with Gasteiger partial charge in [0, 0.05) is 32.1 Å². The standard InChI is InChI=1S/C26H28N4O4S/c1-19(31)34-25-18-30(16-15-29(25)17-20-7-9-23(10-8-20)26(27)28)35(32,33)24-13-11-22(12-14-24)21-5-3-2-4-6-21/h2-14,25H,15-18H2,1H3,(H3,27,28). The topological polar surface area (TPSA) is 117 Å². The predicted octanol–water partition coefficient (Wildman–Crippen LogP) is 3.03. The first-order chi connectivity index (χ1) is 16.7. The quantitative estimate of drug-likeness (QED) is 0.297. The molecule has 1 unspecified atom stereocenters. The molecule has 1 saturated heterocycles. The molecule has 182 valence electrons. The fourth-order valence-corrected chi connectivity index (χ4v) is 5.51. The Labute approximate surface area is 205 Å². The summed E-state index contributed by atoms with van der Waals surface area (Å²) in [6.07, 6.45) is -0.716. The van der Waals surface area contributed by atoms with Crippen LogP contribution in [0.3, 0.4) is 0 Å². The first-order valence-corrected chi connectivity index (χ1v) is 12.7. The van der Waals surface area contributed by atoms with Crippen molar-refractivity contribution in [1.29, 1.82) is 5.41 Å². The molecule has 0 saturated carbocycles. The minimum Gasteiger partial charge on any atom is -0.445 e. The van der Waals surface area contributed by atoms with Crippen LogP contribution in [0.15, 0.2) is 83.8 Å². The normalized spacial score (nSPS) is 17.1. The van der Waals surface area contributed by atoms with Crippen LogP contribution >= 0.6 is 0 Å². The predicted molar refractivity (Wildman–Crippen MR) is 134 cm³/mol. The number of nitrogens with zero attached hydrogens (tertiary/aromatic N) is 2. The van der Waals surface area contributed by atoms with Crippen molar-refractivity contribution in [3.63, 3.8) is 0 Å². The Balaban J connectivity index is 1.50. The monoisotopic (exact) mass is 492 g/mol. The first kappa shape index (κ1) is 24.6. The van der Waals surface area contributed by atoms with E-state index >= 15 is 0 Å². The van der Waals surface area contributed by atoms with Crippen LogP contribution < -0.4 is 5.73 Å². The molecule has 8 nitrogen and oxygen atoms in total. The second kappa shape index (κ2) is 10.4. The van der Waals surface area contributed by atoms with Crippen molar-refractivity contribution >= 4 is 21.8 Å². The van der Waals surface area contributed by atoms with Gasteiger partial charge in [-0.05, 0) is 28.8 Å². The Kier molecular flexibility index (Phi) is 7.30. The summed E-state index contributed by atoms with van der Waals surface area (Å²) in [6.45, 7) is 2.49. The second-order valence-corrected chi connectivity index (χ2v) is 10.3. The molecule has 1 aliphatic rings. The Morgan fingerprint density at radius 3 is 2.20 bits per heavy atom. The highest BCUT2D eigenvalue weighted by Gasteiger charge is 2.36. The number of sulfonamides is 1. The molecule has 0 radical (unpaired) electrons. The van der Waals surface area contributed by atoms with Crippen molar-refractivity contribution in [2.75, 3.05) is 19.6 Å². The molecule has 3 N–H and O–H groups in total. The first-order valence-electron chi connectivity index (χ1n) is 11.2. The van der Waals surface area contributed by atoms with E-state index in [0.717, 1.165) is 16.7 Å². The maximum absolute atomic E-state index is 13.4. The lowest BCUT2D eigenvalue weighted by molar-refractivity contribution is -0.161. The van der Waals surface area contributed by atoms with Gasteiger partial charge in [-0.25, -0.2) is 8.42 Å². The molecule has 1 fully saturated rings. The number of hydrogen-bond acceptors (Lipinski definition) is 6. The lowest BCUT2D eigenvalue weighted by Gasteiger charge is -2.39. The van der Waals surface area contributed by atoms with Crippen LogP contribution in [-0.4, -0.2) is 55.3 Å². The number of nitrogens with two attached hydrogens (primary N) is 1. The Morgan fingerprint density at radius 1 is 0.971 bits per heavy atom. The molecule has 0 bridgehead atoms. The summed E-state index contributed by atoms with van der Waals surface area (Å²) >= 11 is 0. The average Bonchev–Trinajstić information content (AvgIpc) is 2.85. The molecule has 4 rings (SSSR count). The zero-order valence-electron chi connectivity index (χ0n) is 19.4. The van der Waals surface area contributed by atoms with Gasteiger partial charge in [0.1, 0.15) is 5.84 Å². The van der Waals surface area contributed by atoms with Crippen LogP contribution in [0, 0.1) is 5.41 Å². The van der Waals surface area contributed by atoms with E-state index in [1.807, 2.05) is 47.4 Å². The molecule has 0 spiro atoms. The van der Waals surface area contributed by atoms with E-state index in [1.54, 1.807) is 36.4 Å². The molecule has 1 heterocycles. The second-order valence-electron chi connectivity index (χ2n) is 8.40. The third kappa shape index (κ3) is 5.76. The van der Waals surface area contributed by atoms with E-state index in [2.05, 4.69) is 0 Å². The number of nitrogen functional groups attached to an aromatic ring is 1. The lowest BCUT2D eigenvalue weighted by Crippen LogP contribution is -2.55. The van der Waals surface area contributed by atoms with Crippen molar-refractivity contribution in [2.24, 2.45) is 5.73 Å². The zero-order chi connectivity index (χ0) is 25.0. The van der Waals surface area contributed by atoms with Gasteiger partial charge in [0.2, 0.25) is 10.0 Å². The third-order valence-electron chi connectivity index (χ3n) is 5.96. The highest BCUT2D eigenvalue weighted by atomic mass is 32.2. The molecule has 0 amide bonds. The minimum atomic E-state index is -3.76. The number of esters is 1. The fraction of sp³-hybridized carbons (Fsp3) is 0.231. The van der Waals surface area contributed by atoms with E-state index in [1.165, 1.54) is 11.2 Å². The Hall–Kier alpha value is -3.53. The number of amidine groups is 1. The largest absolute Gasteiger partial charge is 0.445 e. The van der Waals surface area contributed by atoms with Crippen LogP contribution in [0.25, 0.3) is 11.1 Å². The van der Waals surface area contributed by atoms with Crippen molar-refractivity contribution < 1.29 is 17.9 Å². The van der Waals surface area contributed by atoms with E-state index < -0.39 is 22.2 Å². The molecule has 1 aliphatic heterocycles. The minimum absolute atomic E-state index is 0.00929. The van der Waals surface area contributed by atoms with Crippen molar-refractivity contribution in [1.82, 2.24) is 9.21 Å². The Bertz CT molecular complexity index is 1290. The summed E-state index contributed by atoms with van der Waals surface area (Å²) < 4.78 is 33.6. The fourth-order valence-electron chi connectivity index (χ4n) is 4.09. The molecular weight excluding hydrogens is 464 g/mol. The van der Waals surface area contributed by atoms with Crippen LogP contribution in [0.4, 0.5) is 0 Å². The summed E-state index contributed by atoms with van der Waals surface area (Å²) in [5, 5.41) is 7.52. The van der Waals surface area contributed by atoms with Gasteiger partial charge >= 0.3 is 5.97 Å². The summed E-state index contributed by atoms with van der Waals surface area (Å²) in [5.41, 5.74) is 9.03. The third-order valence-corrected chi connectivity index (χ3v) is 7.83. The van der Waals surface area contributed by atoms with Crippen LogP contribution in [0.1, 0.15) is 18.1 Å². The van der Waals surface area contributed by atoms with Gasteiger partial charge in [-0.15, -0.1) is 0 Å². The molecule has 1 atom stereocenters. The number of piperazine rings is 1. The van der Waals surface area contributed by atoms with Gasteiger partial charge in [0.15, 0.2) is 6.23 Å². The van der Waals surface area contributed by atoms with Crippen LogP contribution in [0.5, 0.6) is 0 Å². The summed E-state index contributed by atoms with van der Waals surface area (Å²) in [7, 11) is -3.76. The number of ether oxygens (including phenoxy) is 1. The van der Waals surface area contributed by atoms with Gasteiger partial charge in [0.25, 0.3) is 0 Å². The molecule has 0 aromatic heterocycles. The molecule has 35 heavy (non-hydrogen) atoms. The molecule has 3 aromatic carbocycles. The molecule has 0 aliphatic carbocycles. The SMILES string of the molecule is CC(=O)OC1CN(S(=O)(=O)c2ccc(-c3ccccc3)cc2)CCN1Cc1ccc(C(=N)N)cc1. The lowest BCUT2D eigenvalue weighted by atomic mass is 10.1. The van der Waals surface area contributed by atoms with Crippen molar-refractivity contribution in [3.05, 3.63) is 90.0 Å². The summed E-state index contributed by atoms with van der Waals surface area (Å²) in [4.78, 5) is 13.9. The average molecular weight is 493 g/mol. The summed E-state index contributed by atoms with van der Waals surface area (Å²) in [6, 6.07) is 23.8.